The van der Waals surface area contributed by atoms with Gasteiger partial charge in [-0.1, -0.05) is 0 Å². The summed E-state index contributed by atoms with van der Waals surface area (Å²) < 4.78 is 8.07. The molecule has 0 aliphatic heterocycles. The molecule has 1 aromatic carbocycles. The van der Waals surface area contributed by atoms with E-state index in [1.807, 2.05) is 31.5 Å². The van der Waals surface area contributed by atoms with Crippen LogP contribution >= 0.6 is 15.9 Å². The third kappa shape index (κ3) is 3.44. The van der Waals surface area contributed by atoms with Crippen molar-refractivity contribution in [3.63, 3.8) is 0 Å². The predicted molar refractivity (Wildman–Crippen MR) is 85.0 cm³/mol. The van der Waals surface area contributed by atoms with Gasteiger partial charge in [0.1, 0.15) is 6.61 Å². The second kappa shape index (κ2) is 6.30. The molecule has 1 heterocycles. The predicted octanol–water partition coefficient (Wildman–Crippen LogP) is 3.22. The molecule has 112 valence electrons. The molecular weight excluding hydrogens is 334 g/mol. The van der Waals surface area contributed by atoms with Crippen LogP contribution in [0.5, 0.6) is 0 Å². The smallest absolute Gasteiger partial charge is 0.338 e. The van der Waals surface area contributed by atoms with Crippen LogP contribution in [0, 0.1) is 13.8 Å². The van der Waals surface area contributed by atoms with Crippen molar-refractivity contribution in [3.05, 3.63) is 45.2 Å². The van der Waals surface area contributed by atoms with Crippen LogP contribution in [0.25, 0.3) is 0 Å². The first kappa shape index (κ1) is 15.6. The number of halogens is 1. The van der Waals surface area contributed by atoms with E-state index < -0.39 is 0 Å². The first-order valence-corrected chi connectivity index (χ1v) is 7.47. The fourth-order valence-electron chi connectivity index (χ4n) is 2.15. The number of carbonyl (C=O) groups is 1. The van der Waals surface area contributed by atoms with Gasteiger partial charge in [-0.3, -0.25) is 4.68 Å². The number of aromatic nitrogens is 2. The van der Waals surface area contributed by atoms with E-state index in [9.17, 15) is 4.79 Å². The Bertz CT molecular complexity index is 660. The highest BCUT2D eigenvalue weighted by molar-refractivity contribution is 9.10. The van der Waals surface area contributed by atoms with Crippen molar-refractivity contribution < 1.29 is 9.53 Å². The molecule has 0 radical (unpaired) electrons. The lowest BCUT2D eigenvalue weighted by Crippen LogP contribution is -2.10. The highest BCUT2D eigenvalue weighted by Gasteiger charge is 2.15. The SMILES string of the molecule is CCn1nc(C)c(Br)c1COC(=O)c1cc(C)cc(N)c1. The van der Waals surface area contributed by atoms with E-state index in [1.165, 1.54) is 0 Å². The minimum absolute atomic E-state index is 0.169. The van der Waals surface area contributed by atoms with Crippen molar-refractivity contribution in [2.75, 3.05) is 5.73 Å². The van der Waals surface area contributed by atoms with E-state index in [-0.39, 0.29) is 12.6 Å². The molecule has 5 nitrogen and oxygen atoms in total. The number of hydrogen-bond acceptors (Lipinski definition) is 4. The number of esters is 1. The number of anilines is 1. The Morgan fingerprint density at radius 2 is 2.10 bits per heavy atom. The summed E-state index contributed by atoms with van der Waals surface area (Å²) in [6.07, 6.45) is 0. The molecule has 1 aromatic heterocycles. The number of carbonyl (C=O) groups excluding carboxylic acids is 1. The van der Waals surface area contributed by atoms with Gasteiger partial charge in [-0.15, -0.1) is 0 Å². The maximum absolute atomic E-state index is 12.1. The summed E-state index contributed by atoms with van der Waals surface area (Å²) in [7, 11) is 0. The van der Waals surface area contributed by atoms with Crippen LogP contribution in [-0.2, 0) is 17.9 Å². The average Bonchev–Trinajstić information content (AvgIpc) is 2.70. The molecule has 0 saturated heterocycles. The third-order valence-electron chi connectivity index (χ3n) is 3.13. The monoisotopic (exact) mass is 351 g/mol. The Morgan fingerprint density at radius 1 is 1.38 bits per heavy atom. The van der Waals surface area contributed by atoms with Crippen LogP contribution in [0.3, 0.4) is 0 Å². The molecule has 2 aromatic rings. The van der Waals surface area contributed by atoms with Gasteiger partial charge in [0.25, 0.3) is 0 Å². The zero-order chi connectivity index (χ0) is 15.6. The quantitative estimate of drug-likeness (QED) is 0.678. The van der Waals surface area contributed by atoms with Crippen molar-refractivity contribution in [2.24, 2.45) is 0 Å². The van der Waals surface area contributed by atoms with Crippen LogP contribution in [0.4, 0.5) is 5.69 Å². The average molecular weight is 352 g/mol. The van der Waals surface area contributed by atoms with Crippen molar-refractivity contribution in [2.45, 2.75) is 33.9 Å². The largest absolute Gasteiger partial charge is 0.456 e. The summed E-state index contributed by atoms with van der Waals surface area (Å²) in [5.41, 5.74) is 9.42. The lowest BCUT2D eigenvalue weighted by atomic mass is 10.1. The van der Waals surface area contributed by atoms with Crippen LogP contribution in [0.15, 0.2) is 22.7 Å². The molecule has 0 aliphatic carbocycles. The molecule has 0 atom stereocenters. The van der Waals surface area contributed by atoms with Crippen LogP contribution < -0.4 is 5.73 Å². The summed E-state index contributed by atoms with van der Waals surface area (Å²) in [5, 5.41) is 4.37. The molecule has 2 N–H and O–H groups in total. The van der Waals surface area contributed by atoms with Crippen LogP contribution in [0.2, 0.25) is 0 Å². The zero-order valence-corrected chi connectivity index (χ0v) is 13.9. The van der Waals surface area contributed by atoms with Crippen molar-refractivity contribution in [1.29, 1.82) is 0 Å². The Labute approximate surface area is 132 Å². The van der Waals surface area contributed by atoms with E-state index in [4.69, 9.17) is 10.5 Å². The third-order valence-corrected chi connectivity index (χ3v) is 4.16. The maximum Gasteiger partial charge on any atom is 0.338 e. The first-order valence-electron chi connectivity index (χ1n) is 6.68. The topological polar surface area (TPSA) is 70.1 Å². The van der Waals surface area contributed by atoms with E-state index in [0.29, 0.717) is 11.3 Å². The molecule has 0 aliphatic rings. The van der Waals surface area contributed by atoms with E-state index in [2.05, 4.69) is 21.0 Å². The van der Waals surface area contributed by atoms with Gasteiger partial charge in [0.2, 0.25) is 0 Å². The van der Waals surface area contributed by atoms with Crippen molar-refractivity contribution >= 4 is 27.6 Å². The normalized spacial score (nSPS) is 10.7. The van der Waals surface area contributed by atoms with Gasteiger partial charge in [-0.2, -0.15) is 5.10 Å². The number of hydrogen-bond donors (Lipinski definition) is 1. The van der Waals surface area contributed by atoms with Crippen LogP contribution in [-0.4, -0.2) is 15.7 Å². The fourth-order valence-corrected chi connectivity index (χ4v) is 2.55. The lowest BCUT2D eigenvalue weighted by Gasteiger charge is -2.08. The minimum Gasteiger partial charge on any atom is -0.456 e. The number of benzene rings is 1. The number of ether oxygens (including phenoxy) is 1. The molecule has 2 rings (SSSR count). The molecule has 0 amide bonds. The molecule has 0 unspecified atom stereocenters. The van der Waals surface area contributed by atoms with Crippen molar-refractivity contribution in [3.8, 4) is 0 Å². The van der Waals surface area contributed by atoms with E-state index >= 15 is 0 Å². The van der Waals surface area contributed by atoms with Gasteiger partial charge in [0.15, 0.2) is 0 Å². The number of nitrogens with two attached hydrogens (primary N) is 1. The van der Waals surface area contributed by atoms with Crippen LogP contribution in [0.1, 0.15) is 34.2 Å². The minimum atomic E-state index is -0.390. The Balaban J connectivity index is 2.14. The zero-order valence-electron chi connectivity index (χ0n) is 12.3. The number of aryl methyl sites for hydroxylation is 3. The van der Waals surface area contributed by atoms with E-state index in [0.717, 1.165) is 28.0 Å². The molecule has 0 saturated carbocycles. The Morgan fingerprint density at radius 3 is 2.71 bits per heavy atom. The van der Waals surface area contributed by atoms with Gasteiger partial charge in [-0.05, 0) is 60.5 Å². The first-order chi connectivity index (χ1) is 9.92. The molecule has 0 bridgehead atoms. The number of nitrogen functional groups attached to an aromatic ring is 1. The summed E-state index contributed by atoms with van der Waals surface area (Å²) in [5.74, 6) is -0.390. The summed E-state index contributed by atoms with van der Waals surface area (Å²) >= 11 is 3.48. The molecule has 0 spiro atoms. The standard InChI is InChI=1S/C15H18BrN3O2/c1-4-19-13(14(16)10(3)18-19)8-21-15(20)11-5-9(2)6-12(17)7-11/h5-7H,4,8,17H2,1-3H3. The maximum atomic E-state index is 12.1. The van der Waals surface area contributed by atoms with Gasteiger partial charge < -0.3 is 10.5 Å². The summed E-state index contributed by atoms with van der Waals surface area (Å²) in [6, 6.07) is 5.19. The summed E-state index contributed by atoms with van der Waals surface area (Å²) in [4.78, 5) is 12.1. The lowest BCUT2D eigenvalue weighted by molar-refractivity contribution is 0.0461. The summed E-state index contributed by atoms with van der Waals surface area (Å²) in [6.45, 7) is 6.67. The van der Waals surface area contributed by atoms with Crippen molar-refractivity contribution in [1.82, 2.24) is 9.78 Å². The van der Waals surface area contributed by atoms with Gasteiger partial charge in [0.05, 0.1) is 21.4 Å². The fraction of sp³-hybridized carbons (Fsp3) is 0.333. The molecular formula is C15H18BrN3O2. The highest BCUT2D eigenvalue weighted by Crippen LogP contribution is 2.22. The Kier molecular flexibility index (Phi) is 4.67. The highest BCUT2D eigenvalue weighted by atomic mass is 79.9. The van der Waals surface area contributed by atoms with Gasteiger partial charge in [0, 0.05) is 12.2 Å². The van der Waals surface area contributed by atoms with Gasteiger partial charge >= 0.3 is 5.97 Å². The molecule has 0 fully saturated rings. The second-order valence-corrected chi connectivity index (χ2v) is 5.66. The van der Waals surface area contributed by atoms with E-state index in [1.54, 1.807) is 12.1 Å². The number of nitrogens with zero attached hydrogens (tertiary/aromatic N) is 2. The Hall–Kier alpha value is -1.82. The molecule has 6 heteroatoms. The number of rotatable bonds is 4. The van der Waals surface area contributed by atoms with Gasteiger partial charge in [-0.25, -0.2) is 4.79 Å². The molecule has 21 heavy (non-hydrogen) atoms. The second-order valence-electron chi connectivity index (χ2n) is 4.87.